The van der Waals surface area contributed by atoms with Gasteiger partial charge < -0.3 is 24.4 Å². The predicted molar refractivity (Wildman–Crippen MR) is 137 cm³/mol. The second-order valence-corrected chi connectivity index (χ2v) is 9.46. The fourth-order valence-electron chi connectivity index (χ4n) is 3.96. The van der Waals surface area contributed by atoms with Gasteiger partial charge in [0.1, 0.15) is 29.6 Å². The Bertz CT molecular complexity index is 1390. The van der Waals surface area contributed by atoms with Crippen molar-refractivity contribution >= 4 is 39.6 Å². The Labute approximate surface area is 207 Å². The molecule has 0 spiro atoms. The number of hydrogen-bond acceptors (Lipinski definition) is 9. The zero-order valence-corrected chi connectivity index (χ0v) is 20.4. The standard InChI is InChI=1S/C26H25N5O3S/c1-17-3-5-19(35-17)16-34-23-8-4-18(13-24(23)32-2)29-21-6-7-22-26(20(21)14-27)30-25(15-28-22)31-9-11-33-12-10-31/h3-8,13,15,29H,9-12,16H2,1-2H3. The number of fused-ring (bicyclic) bond motifs is 1. The summed E-state index contributed by atoms with van der Waals surface area (Å²) in [6.07, 6.45) is 1.75. The summed E-state index contributed by atoms with van der Waals surface area (Å²) in [5.74, 6) is 2.01. The summed E-state index contributed by atoms with van der Waals surface area (Å²) in [6.45, 7) is 5.37. The van der Waals surface area contributed by atoms with E-state index >= 15 is 0 Å². The number of rotatable bonds is 7. The highest BCUT2D eigenvalue weighted by atomic mass is 32.1. The molecule has 2 aromatic carbocycles. The quantitative estimate of drug-likeness (QED) is 0.388. The lowest BCUT2D eigenvalue weighted by molar-refractivity contribution is 0.122. The van der Waals surface area contributed by atoms with Gasteiger partial charge in [-0.1, -0.05) is 0 Å². The van der Waals surface area contributed by atoms with Crippen LogP contribution in [0.15, 0.2) is 48.7 Å². The maximum atomic E-state index is 9.99. The van der Waals surface area contributed by atoms with E-state index in [0.717, 1.165) is 29.5 Å². The van der Waals surface area contributed by atoms with Gasteiger partial charge in [-0.2, -0.15) is 5.26 Å². The van der Waals surface area contributed by atoms with Gasteiger partial charge in [-0.15, -0.1) is 11.3 Å². The van der Waals surface area contributed by atoms with Crippen molar-refractivity contribution < 1.29 is 14.2 Å². The Morgan fingerprint density at radius 3 is 2.74 bits per heavy atom. The monoisotopic (exact) mass is 487 g/mol. The molecular weight excluding hydrogens is 462 g/mol. The molecule has 0 unspecified atom stereocenters. The third-order valence-electron chi connectivity index (χ3n) is 5.76. The topological polar surface area (TPSA) is 92.5 Å². The minimum Gasteiger partial charge on any atom is -0.493 e. The molecule has 0 atom stereocenters. The smallest absolute Gasteiger partial charge is 0.162 e. The molecule has 1 aliphatic rings. The third kappa shape index (κ3) is 4.99. The molecule has 9 heteroatoms. The molecule has 0 amide bonds. The predicted octanol–water partition coefficient (Wildman–Crippen LogP) is 5.04. The largest absolute Gasteiger partial charge is 0.493 e. The molecule has 1 fully saturated rings. The summed E-state index contributed by atoms with van der Waals surface area (Å²) in [5, 5.41) is 13.3. The average Bonchev–Trinajstić information content (AvgIpc) is 3.32. The van der Waals surface area contributed by atoms with E-state index in [9.17, 15) is 5.26 Å². The minimum absolute atomic E-state index is 0.442. The maximum absolute atomic E-state index is 9.99. The first kappa shape index (κ1) is 22.9. The van der Waals surface area contributed by atoms with Crippen LogP contribution in [0.2, 0.25) is 0 Å². The number of thiophene rings is 1. The van der Waals surface area contributed by atoms with Gasteiger partial charge in [-0.05, 0) is 43.3 Å². The molecule has 0 bridgehead atoms. The van der Waals surface area contributed by atoms with Gasteiger partial charge in [0.2, 0.25) is 0 Å². The molecule has 8 nitrogen and oxygen atoms in total. The SMILES string of the molecule is COc1cc(Nc2ccc3ncc(N4CCOCC4)nc3c2C#N)ccc1OCc1ccc(C)s1. The van der Waals surface area contributed by atoms with E-state index in [0.29, 0.717) is 53.6 Å². The number of benzene rings is 2. The van der Waals surface area contributed by atoms with Crippen molar-refractivity contribution in [3.63, 3.8) is 0 Å². The molecule has 1 aliphatic heterocycles. The van der Waals surface area contributed by atoms with Crippen LogP contribution in [0.25, 0.3) is 11.0 Å². The molecule has 35 heavy (non-hydrogen) atoms. The molecule has 0 radical (unpaired) electrons. The number of nitrogens with zero attached hydrogens (tertiary/aromatic N) is 4. The molecule has 178 valence electrons. The van der Waals surface area contributed by atoms with E-state index in [1.807, 2.05) is 30.3 Å². The molecule has 0 saturated carbocycles. The number of morpholine rings is 1. The lowest BCUT2D eigenvalue weighted by atomic mass is 10.1. The van der Waals surface area contributed by atoms with Crippen molar-refractivity contribution in [1.82, 2.24) is 9.97 Å². The van der Waals surface area contributed by atoms with Crippen LogP contribution in [-0.2, 0) is 11.3 Å². The summed E-state index contributed by atoms with van der Waals surface area (Å²) >= 11 is 1.71. The fourth-order valence-corrected chi connectivity index (χ4v) is 4.77. The summed E-state index contributed by atoms with van der Waals surface area (Å²) in [6, 6.07) is 15.8. The lowest BCUT2D eigenvalue weighted by Crippen LogP contribution is -2.36. The Balaban J connectivity index is 1.40. The Morgan fingerprint density at radius 1 is 1.14 bits per heavy atom. The van der Waals surface area contributed by atoms with Crippen LogP contribution in [0.3, 0.4) is 0 Å². The molecule has 5 rings (SSSR count). The van der Waals surface area contributed by atoms with Crippen LogP contribution < -0.4 is 19.7 Å². The van der Waals surface area contributed by atoms with Crippen LogP contribution in [0.1, 0.15) is 15.3 Å². The highest BCUT2D eigenvalue weighted by Gasteiger charge is 2.17. The number of anilines is 3. The number of nitrogens with one attached hydrogen (secondary N) is 1. The van der Waals surface area contributed by atoms with Crippen molar-refractivity contribution in [1.29, 1.82) is 5.26 Å². The van der Waals surface area contributed by atoms with Gasteiger partial charge in [-0.25, -0.2) is 4.98 Å². The number of ether oxygens (including phenoxy) is 3. The second-order valence-electron chi connectivity index (χ2n) is 8.09. The van der Waals surface area contributed by atoms with Crippen molar-refractivity contribution in [3.05, 3.63) is 64.0 Å². The van der Waals surface area contributed by atoms with Crippen molar-refractivity contribution in [3.8, 4) is 17.6 Å². The van der Waals surface area contributed by atoms with E-state index in [-0.39, 0.29) is 0 Å². The molecule has 0 aliphatic carbocycles. The molecular formula is C26H25N5O3S. The summed E-state index contributed by atoms with van der Waals surface area (Å²) in [4.78, 5) is 13.8. The van der Waals surface area contributed by atoms with Crippen molar-refractivity contribution in [2.45, 2.75) is 13.5 Å². The first-order chi connectivity index (χ1) is 17.1. The van der Waals surface area contributed by atoms with E-state index in [1.54, 1.807) is 24.6 Å². The number of nitriles is 1. The first-order valence-corrected chi connectivity index (χ1v) is 12.1. The van der Waals surface area contributed by atoms with E-state index < -0.39 is 0 Å². The van der Waals surface area contributed by atoms with Crippen LogP contribution in [-0.4, -0.2) is 43.4 Å². The average molecular weight is 488 g/mol. The summed E-state index contributed by atoms with van der Waals surface area (Å²) < 4.78 is 17.0. The number of hydrogen-bond donors (Lipinski definition) is 1. The van der Waals surface area contributed by atoms with Crippen molar-refractivity contribution in [2.24, 2.45) is 0 Å². The van der Waals surface area contributed by atoms with Gasteiger partial charge in [0.05, 0.1) is 37.7 Å². The lowest BCUT2D eigenvalue weighted by Gasteiger charge is -2.27. The van der Waals surface area contributed by atoms with Gasteiger partial charge in [0.25, 0.3) is 0 Å². The first-order valence-electron chi connectivity index (χ1n) is 11.3. The zero-order chi connectivity index (χ0) is 24.2. The van der Waals surface area contributed by atoms with Crippen molar-refractivity contribution in [2.75, 3.05) is 43.6 Å². The maximum Gasteiger partial charge on any atom is 0.162 e. The van der Waals surface area contributed by atoms with Crippen LogP contribution >= 0.6 is 11.3 Å². The van der Waals surface area contributed by atoms with E-state index in [2.05, 4.69) is 40.3 Å². The van der Waals surface area contributed by atoms with Crippen LogP contribution in [0, 0.1) is 18.3 Å². The normalized spacial score (nSPS) is 13.5. The molecule has 1 saturated heterocycles. The number of aromatic nitrogens is 2. The third-order valence-corrected chi connectivity index (χ3v) is 6.73. The number of methoxy groups -OCH3 is 1. The molecule has 1 N–H and O–H groups in total. The van der Waals surface area contributed by atoms with E-state index in [1.165, 1.54) is 4.88 Å². The van der Waals surface area contributed by atoms with E-state index in [4.69, 9.17) is 19.2 Å². The van der Waals surface area contributed by atoms with Gasteiger partial charge in [-0.3, -0.25) is 4.98 Å². The summed E-state index contributed by atoms with van der Waals surface area (Å²) in [5.41, 5.74) is 3.11. The van der Waals surface area contributed by atoms with Gasteiger partial charge in [0.15, 0.2) is 11.5 Å². The summed E-state index contributed by atoms with van der Waals surface area (Å²) in [7, 11) is 1.61. The fraction of sp³-hybridized carbons (Fsp3) is 0.269. The van der Waals surface area contributed by atoms with Gasteiger partial charge >= 0.3 is 0 Å². The molecule has 2 aromatic heterocycles. The Hall–Kier alpha value is -3.87. The molecule has 3 heterocycles. The zero-order valence-electron chi connectivity index (χ0n) is 19.6. The van der Waals surface area contributed by atoms with Crippen LogP contribution in [0.4, 0.5) is 17.2 Å². The highest BCUT2D eigenvalue weighted by Crippen LogP contribution is 2.34. The Kier molecular flexibility index (Phi) is 6.66. The second kappa shape index (κ2) is 10.2. The van der Waals surface area contributed by atoms with Crippen LogP contribution in [0.5, 0.6) is 11.5 Å². The molecule has 4 aromatic rings. The van der Waals surface area contributed by atoms with Gasteiger partial charge in [0, 0.05) is 34.6 Å². The Morgan fingerprint density at radius 2 is 2.00 bits per heavy atom. The minimum atomic E-state index is 0.442. The number of aryl methyl sites for hydroxylation is 1. The highest BCUT2D eigenvalue weighted by molar-refractivity contribution is 7.11.